The maximum atomic E-state index is 12.7. The molecule has 0 heterocycles. The largest absolute Gasteiger partial charge is 0.462 e. The van der Waals surface area contributed by atoms with E-state index in [-0.39, 0.29) is 31.1 Å². The van der Waals surface area contributed by atoms with E-state index in [1.807, 2.05) is 0 Å². The molecule has 2 unspecified atom stereocenters. The van der Waals surface area contributed by atoms with Crippen LogP contribution in [0.25, 0.3) is 0 Å². The first-order valence-electron chi connectivity index (χ1n) is 23.8. The fourth-order valence-corrected chi connectivity index (χ4v) is 7.04. The van der Waals surface area contributed by atoms with Crippen molar-refractivity contribution in [2.24, 2.45) is 11.8 Å². The molecule has 0 aliphatic carbocycles. The van der Waals surface area contributed by atoms with Gasteiger partial charge in [-0.1, -0.05) is 221 Å². The van der Waals surface area contributed by atoms with Crippen LogP contribution in [-0.4, -0.2) is 37.2 Å². The monoisotopic (exact) mass is 765 g/mol. The van der Waals surface area contributed by atoms with Gasteiger partial charge in [0.15, 0.2) is 6.10 Å². The fourth-order valence-electron chi connectivity index (χ4n) is 7.04. The molecule has 3 atom stereocenters. The average molecular weight is 765 g/mol. The molecule has 0 saturated carbocycles. The quantitative estimate of drug-likeness (QED) is 0.0350. The summed E-state index contributed by atoms with van der Waals surface area (Å²) in [6.07, 6.45) is 39.3. The van der Waals surface area contributed by atoms with Crippen molar-refractivity contribution in [3.63, 3.8) is 0 Å². The van der Waals surface area contributed by atoms with Crippen LogP contribution in [0.4, 0.5) is 0 Å². The highest BCUT2D eigenvalue weighted by molar-refractivity contribution is 5.71. The van der Waals surface area contributed by atoms with Crippen LogP contribution >= 0.6 is 0 Å². The molecule has 0 bridgehead atoms. The molecule has 320 valence electrons. The van der Waals surface area contributed by atoms with Crippen LogP contribution in [0.1, 0.15) is 259 Å². The second-order valence-electron chi connectivity index (χ2n) is 16.9. The molecular weight excluding hydrogens is 673 g/mol. The SMILES string of the molecule is CCCCCCCCCCCCC(=O)OC[C@@H](COC(=O)CCCCCCCCCCC(C)CC)OC(=O)CCCCCCCCCCCCC(C)CC. The smallest absolute Gasteiger partial charge is 0.306 e. The number of carbonyl (C=O) groups excluding carboxylic acids is 3. The average Bonchev–Trinajstić information content (AvgIpc) is 3.17. The van der Waals surface area contributed by atoms with Gasteiger partial charge < -0.3 is 14.2 Å². The van der Waals surface area contributed by atoms with E-state index in [4.69, 9.17) is 14.2 Å². The third-order valence-corrected chi connectivity index (χ3v) is 11.4. The van der Waals surface area contributed by atoms with Gasteiger partial charge in [-0.05, 0) is 31.1 Å². The second kappa shape index (κ2) is 41.1. The summed E-state index contributed by atoms with van der Waals surface area (Å²) < 4.78 is 16.7. The Morgan fingerprint density at radius 3 is 0.963 bits per heavy atom. The second-order valence-corrected chi connectivity index (χ2v) is 16.9. The number of hydrogen-bond acceptors (Lipinski definition) is 6. The van der Waals surface area contributed by atoms with E-state index >= 15 is 0 Å². The molecule has 0 fully saturated rings. The fraction of sp³-hybridized carbons (Fsp3) is 0.938. The molecule has 0 aromatic carbocycles. The molecular formula is C48H92O6. The van der Waals surface area contributed by atoms with Gasteiger partial charge in [-0.3, -0.25) is 14.4 Å². The Balaban J connectivity index is 4.34. The maximum absolute atomic E-state index is 12.7. The highest BCUT2D eigenvalue weighted by Crippen LogP contribution is 2.18. The van der Waals surface area contributed by atoms with Crippen LogP contribution in [0, 0.1) is 11.8 Å². The first kappa shape index (κ1) is 52.4. The summed E-state index contributed by atoms with van der Waals surface area (Å²) in [5.74, 6) is 0.858. The lowest BCUT2D eigenvalue weighted by Gasteiger charge is -2.18. The standard InChI is InChI=1S/C48H92O6/c1-6-9-10-11-12-13-17-23-28-33-38-46(49)52-41-45(42-53-47(50)39-34-29-24-20-19-22-27-32-37-44(5)8-3)54-48(51)40-35-30-25-18-15-14-16-21-26-31-36-43(4)7-2/h43-45H,6-42H2,1-5H3/t43?,44?,45-/m0/s1. The number of esters is 3. The van der Waals surface area contributed by atoms with Gasteiger partial charge in [-0.15, -0.1) is 0 Å². The van der Waals surface area contributed by atoms with E-state index in [1.165, 1.54) is 148 Å². The van der Waals surface area contributed by atoms with Crippen LogP contribution in [0.3, 0.4) is 0 Å². The van der Waals surface area contributed by atoms with Crippen molar-refractivity contribution in [3.8, 4) is 0 Å². The van der Waals surface area contributed by atoms with Gasteiger partial charge in [-0.2, -0.15) is 0 Å². The number of hydrogen-bond donors (Lipinski definition) is 0. The molecule has 0 spiro atoms. The van der Waals surface area contributed by atoms with Gasteiger partial charge >= 0.3 is 17.9 Å². The normalized spacial score (nSPS) is 13.1. The van der Waals surface area contributed by atoms with E-state index in [1.54, 1.807) is 0 Å². The van der Waals surface area contributed by atoms with E-state index in [0.717, 1.165) is 69.6 Å². The van der Waals surface area contributed by atoms with Crippen LogP contribution < -0.4 is 0 Å². The van der Waals surface area contributed by atoms with Crippen molar-refractivity contribution >= 4 is 17.9 Å². The lowest BCUT2D eigenvalue weighted by atomic mass is 9.99. The number of unbranched alkanes of at least 4 members (excludes halogenated alkanes) is 25. The van der Waals surface area contributed by atoms with E-state index in [0.29, 0.717) is 19.3 Å². The van der Waals surface area contributed by atoms with Crippen molar-refractivity contribution in [2.75, 3.05) is 13.2 Å². The van der Waals surface area contributed by atoms with Gasteiger partial charge in [0.25, 0.3) is 0 Å². The van der Waals surface area contributed by atoms with Crippen LogP contribution in [0.5, 0.6) is 0 Å². The van der Waals surface area contributed by atoms with Crippen molar-refractivity contribution in [1.29, 1.82) is 0 Å². The summed E-state index contributed by atoms with van der Waals surface area (Å²) in [6.45, 7) is 11.4. The Morgan fingerprint density at radius 1 is 0.370 bits per heavy atom. The van der Waals surface area contributed by atoms with Gasteiger partial charge in [0.1, 0.15) is 13.2 Å². The lowest BCUT2D eigenvalue weighted by Crippen LogP contribution is -2.30. The van der Waals surface area contributed by atoms with Crippen molar-refractivity contribution in [2.45, 2.75) is 265 Å². The van der Waals surface area contributed by atoms with E-state index in [2.05, 4.69) is 34.6 Å². The van der Waals surface area contributed by atoms with Crippen LogP contribution in [0.15, 0.2) is 0 Å². The van der Waals surface area contributed by atoms with Crippen LogP contribution in [0.2, 0.25) is 0 Å². The number of carbonyl (C=O) groups is 3. The summed E-state index contributed by atoms with van der Waals surface area (Å²) in [5, 5.41) is 0. The predicted molar refractivity (Wildman–Crippen MR) is 229 cm³/mol. The van der Waals surface area contributed by atoms with Crippen molar-refractivity contribution in [1.82, 2.24) is 0 Å². The minimum atomic E-state index is -0.761. The van der Waals surface area contributed by atoms with Crippen LogP contribution in [-0.2, 0) is 28.6 Å². The Bertz CT molecular complexity index is 828. The molecule has 0 aliphatic rings. The third kappa shape index (κ3) is 38.7. The van der Waals surface area contributed by atoms with Gasteiger partial charge in [-0.25, -0.2) is 0 Å². The Morgan fingerprint density at radius 2 is 0.648 bits per heavy atom. The highest BCUT2D eigenvalue weighted by Gasteiger charge is 2.19. The minimum absolute atomic E-state index is 0.0649. The summed E-state index contributed by atoms with van der Waals surface area (Å²) in [5.41, 5.74) is 0. The van der Waals surface area contributed by atoms with Gasteiger partial charge in [0, 0.05) is 19.3 Å². The van der Waals surface area contributed by atoms with Crippen molar-refractivity contribution < 1.29 is 28.6 Å². The van der Waals surface area contributed by atoms with E-state index in [9.17, 15) is 14.4 Å². The zero-order valence-corrected chi connectivity index (χ0v) is 36.8. The Kier molecular flexibility index (Phi) is 39.8. The third-order valence-electron chi connectivity index (χ3n) is 11.4. The molecule has 6 nitrogen and oxygen atoms in total. The first-order valence-corrected chi connectivity index (χ1v) is 23.8. The Hall–Kier alpha value is -1.59. The predicted octanol–water partition coefficient (Wildman–Crippen LogP) is 15.0. The molecule has 0 rings (SSSR count). The molecule has 0 N–H and O–H groups in total. The zero-order valence-electron chi connectivity index (χ0n) is 36.8. The summed E-state index contributed by atoms with van der Waals surface area (Å²) in [7, 11) is 0. The van der Waals surface area contributed by atoms with Crippen molar-refractivity contribution in [3.05, 3.63) is 0 Å². The zero-order chi connectivity index (χ0) is 39.7. The Labute approximate surface area is 336 Å². The first-order chi connectivity index (χ1) is 26.3. The summed E-state index contributed by atoms with van der Waals surface area (Å²) in [6, 6.07) is 0. The molecule has 0 aromatic heterocycles. The summed E-state index contributed by atoms with van der Waals surface area (Å²) >= 11 is 0. The summed E-state index contributed by atoms with van der Waals surface area (Å²) in [4.78, 5) is 37.8. The number of ether oxygens (including phenoxy) is 3. The molecule has 0 aliphatic heterocycles. The molecule has 0 radical (unpaired) electrons. The van der Waals surface area contributed by atoms with E-state index < -0.39 is 6.10 Å². The molecule has 0 aromatic rings. The minimum Gasteiger partial charge on any atom is -0.462 e. The van der Waals surface area contributed by atoms with Gasteiger partial charge in [0.2, 0.25) is 0 Å². The number of rotatable bonds is 42. The molecule has 0 amide bonds. The topological polar surface area (TPSA) is 78.9 Å². The molecule has 6 heteroatoms. The highest BCUT2D eigenvalue weighted by atomic mass is 16.6. The van der Waals surface area contributed by atoms with Gasteiger partial charge in [0.05, 0.1) is 0 Å². The maximum Gasteiger partial charge on any atom is 0.306 e. The molecule has 54 heavy (non-hydrogen) atoms. The molecule has 0 saturated heterocycles. The lowest BCUT2D eigenvalue weighted by molar-refractivity contribution is -0.167.